The fourth-order valence-electron chi connectivity index (χ4n) is 4.30. The second kappa shape index (κ2) is 26.5. The van der Waals surface area contributed by atoms with Crippen molar-refractivity contribution in [3.63, 3.8) is 0 Å². The molecule has 1 unspecified atom stereocenters. The fourth-order valence-corrected chi connectivity index (χ4v) is 4.30. The number of hydrogen-bond acceptors (Lipinski definition) is 9. The second-order valence-corrected chi connectivity index (χ2v) is 10.6. The van der Waals surface area contributed by atoms with Crippen LogP contribution in [0.4, 0.5) is 0 Å². The van der Waals surface area contributed by atoms with Gasteiger partial charge in [-0.05, 0) is 65.1 Å². The Hall–Kier alpha value is -1.71. The van der Waals surface area contributed by atoms with Crippen LogP contribution in [0.1, 0.15) is 110 Å². The number of carbonyl (C=O) groups excluding carboxylic acids is 3. The quantitative estimate of drug-likeness (QED) is 0.0838. The molecule has 0 amide bonds. The van der Waals surface area contributed by atoms with Crippen molar-refractivity contribution < 1.29 is 38.4 Å². The number of aliphatic hydroxyl groups is 1. The van der Waals surface area contributed by atoms with Gasteiger partial charge in [0.25, 0.3) is 0 Å². The van der Waals surface area contributed by atoms with E-state index in [1.54, 1.807) is 0 Å². The molecular formula is C30H57NO8. The fraction of sp³-hybridized carbons (Fsp3) is 0.900. The highest BCUT2D eigenvalue weighted by Crippen LogP contribution is 2.21. The Bertz CT molecular complexity index is 604. The van der Waals surface area contributed by atoms with Gasteiger partial charge in [-0.2, -0.15) is 0 Å². The average molecular weight is 560 g/mol. The van der Waals surface area contributed by atoms with Crippen LogP contribution >= 0.6 is 0 Å². The van der Waals surface area contributed by atoms with Crippen LogP contribution in [0.5, 0.6) is 0 Å². The van der Waals surface area contributed by atoms with E-state index in [1.165, 1.54) is 51.4 Å². The molecule has 0 aliphatic rings. The molecule has 0 aromatic carbocycles. The molecule has 230 valence electrons. The Balaban J connectivity index is 4.08. The molecule has 1 atom stereocenters. The molecule has 39 heavy (non-hydrogen) atoms. The van der Waals surface area contributed by atoms with E-state index in [4.69, 9.17) is 24.1 Å². The summed E-state index contributed by atoms with van der Waals surface area (Å²) >= 11 is 0. The van der Waals surface area contributed by atoms with E-state index in [9.17, 15) is 14.4 Å². The molecule has 0 aliphatic carbocycles. The van der Waals surface area contributed by atoms with Gasteiger partial charge in [0.1, 0.15) is 19.3 Å². The van der Waals surface area contributed by atoms with Crippen LogP contribution in [0, 0.1) is 5.92 Å². The predicted octanol–water partition coefficient (Wildman–Crippen LogP) is 5.06. The largest absolute Gasteiger partial charge is 0.464 e. The number of ether oxygens (including phenoxy) is 4. The molecule has 0 radical (unpaired) electrons. The van der Waals surface area contributed by atoms with E-state index >= 15 is 0 Å². The van der Waals surface area contributed by atoms with Gasteiger partial charge in [-0.1, -0.05) is 65.2 Å². The van der Waals surface area contributed by atoms with Gasteiger partial charge in [0.2, 0.25) is 0 Å². The summed E-state index contributed by atoms with van der Waals surface area (Å²) in [6, 6.07) is 0. The van der Waals surface area contributed by atoms with Gasteiger partial charge in [0.05, 0.1) is 13.2 Å². The smallest absolute Gasteiger partial charge is 0.332 e. The summed E-state index contributed by atoms with van der Waals surface area (Å²) in [7, 11) is 3.91. The first kappa shape index (κ1) is 37.3. The molecule has 9 heteroatoms. The molecular weight excluding hydrogens is 502 g/mol. The lowest BCUT2D eigenvalue weighted by Crippen LogP contribution is -2.22. The third kappa shape index (κ3) is 25.0. The topological polar surface area (TPSA) is 112 Å². The van der Waals surface area contributed by atoms with Crippen LogP contribution in [-0.2, 0) is 33.3 Å². The minimum absolute atomic E-state index is 0.0297. The number of rotatable bonds is 27. The summed E-state index contributed by atoms with van der Waals surface area (Å²) in [6.45, 7) is 5.19. The number of aliphatic hydroxyl groups excluding tert-OH is 1. The van der Waals surface area contributed by atoms with E-state index in [0.29, 0.717) is 44.6 Å². The van der Waals surface area contributed by atoms with Crippen molar-refractivity contribution in [2.45, 2.75) is 116 Å². The molecule has 0 aromatic heterocycles. The molecule has 0 aromatic rings. The van der Waals surface area contributed by atoms with Gasteiger partial charge in [0.15, 0.2) is 0 Å². The molecule has 0 saturated carbocycles. The molecule has 9 nitrogen and oxygen atoms in total. The van der Waals surface area contributed by atoms with Crippen molar-refractivity contribution in [2.24, 2.45) is 5.92 Å². The SMILES string of the molecule is CCCCCC(CCCCC)CCOC(=O)COCC(=O)OCCCC(CCCO)OC(=O)CCCN(C)C. The maximum absolute atomic E-state index is 12.1. The molecule has 0 heterocycles. The normalized spacial score (nSPS) is 12.1. The summed E-state index contributed by atoms with van der Waals surface area (Å²) in [5.74, 6) is -0.688. The maximum atomic E-state index is 12.1. The van der Waals surface area contributed by atoms with E-state index in [-0.39, 0.29) is 38.5 Å². The van der Waals surface area contributed by atoms with Gasteiger partial charge in [-0.15, -0.1) is 0 Å². The predicted molar refractivity (Wildman–Crippen MR) is 152 cm³/mol. The van der Waals surface area contributed by atoms with Gasteiger partial charge in [0, 0.05) is 13.0 Å². The Morgan fingerprint density at radius 3 is 1.85 bits per heavy atom. The third-order valence-electron chi connectivity index (χ3n) is 6.56. The number of nitrogens with zero attached hydrogens (tertiary/aromatic N) is 1. The number of hydrogen-bond donors (Lipinski definition) is 1. The first-order valence-electron chi connectivity index (χ1n) is 15.2. The zero-order valence-electron chi connectivity index (χ0n) is 25.3. The minimum atomic E-state index is -0.553. The Morgan fingerprint density at radius 1 is 0.692 bits per heavy atom. The third-order valence-corrected chi connectivity index (χ3v) is 6.56. The molecule has 0 fully saturated rings. The van der Waals surface area contributed by atoms with Crippen molar-refractivity contribution in [2.75, 3.05) is 53.7 Å². The number of unbranched alkanes of at least 4 members (excludes halogenated alkanes) is 4. The van der Waals surface area contributed by atoms with E-state index in [2.05, 4.69) is 13.8 Å². The molecule has 1 N–H and O–H groups in total. The number of carbonyl (C=O) groups is 3. The van der Waals surface area contributed by atoms with Crippen LogP contribution in [0.3, 0.4) is 0 Å². The summed E-state index contributed by atoms with van der Waals surface area (Å²) in [5, 5.41) is 9.11. The monoisotopic (exact) mass is 559 g/mol. The van der Waals surface area contributed by atoms with Crippen LogP contribution < -0.4 is 0 Å². The van der Waals surface area contributed by atoms with E-state index < -0.39 is 11.9 Å². The maximum Gasteiger partial charge on any atom is 0.332 e. The van der Waals surface area contributed by atoms with E-state index in [0.717, 1.165) is 19.4 Å². The Kier molecular flexibility index (Phi) is 25.3. The molecule has 0 rings (SSSR count). The first-order valence-corrected chi connectivity index (χ1v) is 15.2. The molecule has 0 saturated heterocycles. The van der Waals surface area contributed by atoms with Gasteiger partial charge >= 0.3 is 17.9 Å². The van der Waals surface area contributed by atoms with Gasteiger partial charge in [-0.25, -0.2) is 9.59 Å². The summed E-state index contributed by atoms with van der Waals surface area (Å²) in [4.78, 5) is 38.0. The minimum Gasteiger partial charge on any atom is -0.464 e. The van der Waals surface area contributed by atoms with E-state index in [1.807, 2.05) is 19.0 Å². The van der Waals surface area contributed by atoms with Crippen LogP contribution in [0.2, 0.25) is 0 Å². The Labute approximate surface area is 237 Å². The van der Waals surface area contributed by atoms with Crippen molar-refractivity contribution >= 4 is 17.9 Å². The second-order valence-electron chi connectivity index (χ2n) is 10.6. The number of esters is 3. The van der Waals surface area contributed by atoms with Crippen molar-refractivity contribution in [1.82, 2.24) is 4.90 Å². The zero-order valence-corrected chi connectivity index (χ0v) is 25.3. The lowest BCUT2D eigenvalue weighted by molar-refractivity contribution is -0.157. The first-order chi connectivity index (χ1) is 18.8. The highest BCUT2D eigenvalue weighted by molar-refractivity contribution is 5.73. The van der Waals surface area contributed by atoms with Crippen LogP contribution in [-0.4, -0.2) is 87.7 Å². The van der Waals surface area contributed by atoms with Crippen molar-refractivity contribution in [1.29, 1.82) is 0 Å². The molecule has 0 spiro atoms. The average Bonchev–Trinajstić information content (AvgIpc) is 2.89. The lowest BCUT2D eigenvalue weighted by Gasteiger charge is -2.18. The highest BCUT2D eigenvalue weighted by atomic mass is 16.6. The molecule has 0 bridgehead atoms. The standard InChI is InChI=1S/C30H57NO8/c1-5-7-9-14-26(15-10-8-6-2)19-23-38-30(35)25-36-24-29(34)37-22-13-17-27(16-12-21-32)39-28(33)18-11-20-31(3)4/h26-27,32H,5-25H2,1-4H3. The van der Waals surface area contributed by atoms with Crippen molar-refractivity contribution in [3.8, 4) is 0 Å². The lowest BCUT2D eigenvalue weighted by atomic mass is 9.92. The van der Waals surface area contributed by atoms with Crippen LogP contribution in [0.15, 0.2) is 0 Å². The van der Waals surface area contributed by atoms with Gasteiger partial charge < -0.3 is 29.0 Å². The van der Waals surface area contributed by atoms with Crippen molar-refractivity contribution in [3.05, 3.63) is 0 Å². The van der Waals surface area contributed by atoms with Gasteiger partial charge in [-0.3, -0.25) is 4.79 Å². The zero-order chi connectivity index (χ0) is 29.1. The molecule has 0 aliphatic heterocycles. The summed E-state index contributed by atoms with van der Waals surface area (Å²) in [6.07, 6.45) is 13.5. The summed E-state index contributed by atoms with van der Waals surface area (Å²) < 4.78 is 21.2. The van der Waals surface area contributed by atoms with Crippen LogP contribution in [0.25, 0.3) is 0 Å². The summed E-state index contributed by atoms with van der Waals surface area (Å²) in [5.41, 5.74) is 0. The Morgan fingerprint density at radius 2 is 1.28 bits per heavy atom. The highest BCUT2D eigenvalue weighted by Gasteiger charge is 2.15.